The zero-order valence-corrected chi connectivity index (χ0v) is 17.2. The zero-order chi connectivity index (χ0) is 20.0. The molecule has 0 radical (unpaired) electrons. The summed E-state index contributed by atoms with van der Waals surface area (Å²) in [7, 11) is 1.75. The predicted molar refractivity (Wildman–Crippen MR) is 110 cm³/mol. The van der Waals surface area contributed by atoms with Gasteiger partial charge in [0, 0.05) is 42.9 Å². The lowest BCUT2D eigenvalue weighted by Gasteiger charge is -2.45. The first-order valence-corrected chi connectivity index (χ1v) is 11.0. The highest BCUT2D eigenvalue weighted by Crippen LogP contribution is 2.43. The molecule has 0 spiro atoms. The molecule has 1 saturated carbocycles. The minimum absolute atomic E-state index is 0.0856. The summed E-state index contributed by atoms with van der Waals surface area (Å²) in [5.74, 6) is 0.388. The van der Waals surface area contributed by atoms with Crippen molar-refractivity contribution in [3.8, 4) is 0 Å². The number of nitrogens with zero attached hydrogens (tertiary/aromatic N) is 3. The van der Waals surface area contributed by atoms with Crippen LogP contribution in [0, 0.1) is 5.92 Å². The molecule has 1 N–H and O–H groups in total. The number of amides is 1. The van der Waals surface area contributed by atoms with Gasteiger partial charge in [-0.15, -0.1) is 0 Å². The molecular formula is C23H31N3O3. The van der Waals surface area contributed by atoms with Crippen molar-refractivity contribution in [2.45, 2.75) is 81.7 Å². The summed E-state index contributed by atoms with van der Waals surface area (Å²) < 4.78 is 7.65. The zero-order valence-electron chi connectivity index (χ0n) is 17.2. The number of carbonyl (C=O) groups is 1. The molecular weight excluding hydrogens is 366 g/mol. The van der Waals surface area contributed by atoms with Crippen molar-refractivity contribution in [1.82, 2.24) is 14.5 Å². The Labute approximate surface area is 171 Å². The van der Waals surface area contributed by atoms with Crippen LogP contribution in [0.1, 0.15) is 51.4 Å². The first-order chi connectivity index (χ1) is 14.1. The van der Waals surface area contributed by atoms with Crippen LogP contribution in [0.25, 0.3) is 10.9 Å². The first kappa shape index (κ1) is 19.1. The van der Waals surface area contributed by atoms with E-state index < -0.39 is 5.60 Å². The third kappa shape index (κ3) is 3.46. The van der Waals surface area contributed by atoms with Gasteiger partial charge in [0.05, 0.1) is 30.0 Å². The normalized spacial score (nSPS) is 34.6. The van der Waals surface area contributed by atoms with E-state index in [-0.39, 0.29) is 24.1 Å². The molecule has 2 saturated heterocycles. The van der Waals surface area contributed by atoms with Gasteiger partial charge in [-0.1, -0.05) is 6.42 Å². The van der Waals surface area contributed by atoms with E-state index in [1.165, 1.54) is 0 Å². The monoisotopic (exact) mass is 397 g/mol. The van der Waals surface area contributed by atoms with E-state index in [1.807, 2.05) is 18.5 Å². The number of pyridine rings is 1. The Bertz CT molecular complexity index is 880. The molecule has 4 unspecified atom stereocenters. The molecule has 0 aromatic carbocycles. The Morgan fingerprint density at radius 3 is 2.79 bits per heavy atom. The van der Waals surface area contributed by atoms with Crippen molar-refractivity contribution >= 4 is 16.8 Å². The quantitative estimate of drug-likeness (QED) is 0.861. The lowest BCUT2D eigenvalue weighted by atomic mass is 9.82. The van der Waals surface area contributed by atoms with Crippen LogP contribution in [0.5, 0.6) is 0 Å². The number of ether oxygens (including phenoxy) is 1. The molecule has 2 aliphatic heterocycles. The van der Waals surface area contributed by atoms with Crippen LogP contribution in [0.4, 0.5) is 0 Å². The summed E-state index contributed by atoms with van der Waals surface area (Å²) in [4.78, 5) is 19.7. The van der Waals surface area contributed by atoms with Gasteiger partial charge in [0.15, 0.2) is 0 Å². The largest absolute Gasteiger partial charge is 0.388 e. The van der Waals surface area contributed by atoms with Gasteiger partial charge < -0.3 is 19.3 Å². The molecule has 5 rings (SSSR count). The number of piperidine rings is 1. The number of aromatic nitrogens is 2. The van der Waals surface area contributed by atoms with Gasteiger partial charge >= 0.3 is 0 Å². The number of fused-ring (bicyclic) bond motifs is 3. The Morgan fingerprint density at radius 2 is 2.03 bits per heavy atom. The van der Waals surface area contributed by atoms with Crippen LogP contribution in [-0.2, 0) is 16.1 Å². The van der Waals surface area contributed by atoms with Crippen molar-refractivity contribution in [2.24, 2.45) is 5.92 Å². The SMILES string of the molecule is COC1CCCC(C(=O)N2C3CCC2CC(O)(Cn2ccc4ccncc42)C3)C1. The lowest BCUT2D eigenvalue weighted by Crippen LogP contribution is -2.56. The summed E-state index contributed by atoms with van der Waals surface area (Å²) in [6.45, 7) is 0.562. The maximum absolute atomic E-state index is 13.4. The topological polar surface area (TPSA) is 67.6 Å². The van der Waals surface area contributed by atoms with E-state index in [9.17, 15) is 9.90 Å². The maximum Gasteiger partial charge on any atom is 0.226 e. The second-order valence-electron chi connectivity index (χ2n) is 9.36. The third-order valence-electron chi connectivity index (χ3n) is 7.46. The van der Waals surface area contributed by atoms with Crippen LogP contribution in [0.3, 0.4) is 0 Å². The van der Waals surface area contributed by atoms with E-state index >= 15 is 0 Å². The molecule has 2 bridgehead atoms. The molecule has 4 atom stereocenters. The Hall–Kier alpha value is -1.92. The van der Waals surface area contributed by atoms with Crippen molar-refractivity contribution in [1.29, 1.82) is 0 Å². The molecule has 156 valence electrons. The van der Waals surface area contributed by atoms with E-state index in [4.69, 9.17) is 4.74 Å². The highest BCUT2D eigenvalue weighted by atomic mass is 16.5. The summed E-state index contributed by atoms with van der Waals surface area (Å²) in [5.41, 5.74) is 0.283. The summed E-state index contributed by atoms with van der Waals surface area (Å²) in [6.07, 6.45) is 13.2. The third-order valence-corrected chi connectivity index (χ3v) is 7.46. The van der Waals surface area contributed by atoms with Gasteiger partial charge in [-0.2, -0.15) is 0 Å². The number of methoxy groups -OCH3 is 1. The number of carbonyl (C=O) groups excluding carboxylic acids is 1. The first-order valence-electron chi connectivity index (χ1n) is 11.0. The average Bonchev–Trinajstić information content (AvgIpc) is 3.26. The molecule has 1 aliphatic carbocycles. The van der Waals surface area contributed by atoms with E-state index in [0.717, 1.165) is 49.4 Å². The average molecular weight is 398 g/mol. The number of hydrogen-bond donors (Lipinski definition) is 1. The predicted octanol–water partition coefficient (Wildman–Crippen LogP) is 3.13. The number of hydrogen-bond acceptors (Lipinski definition) is 4. The maximum atomic E-state index is 13.4. The number of rotatable bonds is 4. The van der Waals surface area contributed by atoms with E-state index in [0.29, 0.717) is 25.3 Å². The van der Waals surface area contributed by atoms with Crippen LogP contribution in [0.2, 0.25) is 0 Å². The van der Waals surface area contributed by atoms with Gasteiger partial charge in [0.25, 0.3) is 0 Å². The molecule has 3 aliphatic rings. The molecule has 2 aromatic rings. The van der Waals surface area contributed by atoms with Crippen LogP contribution >= 0.6 is 0 Å². The van der Waals surface area contributed by atoms with Gasteiger partial charge in [-0.3, -0.25) is 9.78 Å². The van der Waals surface area contributed by atoms with Crippen molar-refractivity contribution in [3.05, 3.63) is 30.7 Å². The smallest absolute Gasteiger partial charge is 0.226 e. The number of aliphatic hydroxyl groups is 1. The molecule has 29 heavy (non-hydrogen) atoms. The lowest BCUT2D eigenvalue weighted by molar-refractivity contribution is -0.149. The van der Waals surface area contributed by atoms with Gasteiger partial charge in [0.1, 0.15) is 0 Å². The standard InChI is InChI=1S/C23H31N3O3/c1-29-20-4-2-3-17(11-20)22(27)26-18-5-6-19(26)13-23(28,12-18)15-25-10-8-16-7-9-24-14-21(16)25/h7-10,14,17-20,28H,2-6,11-13,15H2,1H3. The molecule has 4 heterocycles. The summed E-state index contributed by atoms with van der Waals surface area (Å²) in [5, 5.41) is 12.6. The molecule has 1 amide bonds. The highest BCUT2D eigenvalue weighted by molar-refractivity contribution is 5.80. The second kappa shape index (κ2) is 7.40. The summed E-state index contributed by atoms with van der Waals surface area (Å²) in [6, 6.07) is 4.39. The van der Waals surface area contributed by atoms with Gasteiger partial charge in [-0.05, 0) is 57.1 Å². The molecule has 2 aromatic heterocycles. The second-order valence-corrected chi connectivity index (χ2v) is 9.36. The van der Waals surface area contributed by atoms with Crippen LogP contribution in [-0.4, -0.2) is 56.4 Å². The minimum atomic E-state index is -0.772. The molecule has 3 fully saturated rings. The van der Waals surface area contributed by atoms with Crippen LogP contribution < -0.4 is 0 Å². The fourth-order valence-corrected chi connectivity index (χ4v) is 6.09. The fraction of sp³-hybridized carbons (Fsp3) is 0.652. The highest BCUT2D eigenvalue weighted by Gasteiger charge is 2.50. The Morgan fingerprint density at radius 1 is 1.24 bits per heavy atom. The van der Waals surface area contributed by atoms with Gasteiger partial charge in [0.2, 0.25) is 5.91 Å². The molecule has 6 heteroatoms. The Balaban J connectivity index is 1.31. The fourth-order valence-electron chi connectivity index (χ4n) is 6.09. The van der Waals surface area contributed by atoms with Crippen LogP contribution in [0.15, 0.2) is 30.7 Å². The van der Waals surface area contributed by atoms with E-state index in [1.54, 1.807) is 13.3 Å². The van der Waals surface area contributed by atoms with Gasteiger partial charge in [-0.25, -0.2) is 0 Å². The summed E-state index contributed by atoms with van der Waals surface area (Å²) >= 11 is 0. The van der Waals surface area contributed by atoms with Crippen molar-refractivity contribution in [2.75, 3.05) is 7.11 Å². The van der Waals surface area contributed by atoms with Crippen molar-refractivity contribution in [3.63, 3.8) is 0 Å². The Kier molecular flexibility index (Phi) is 4.87. The minimum Gasteiger partial charge on any atom is -0.388 e. The van der Waals surface area contributed by atoms with E-state index in [2.05, 4.69) is 20.5 Å². The van der Waals surface area contributed by atoms with Crippen molar-refractivity contribution < 1.29 is 14.6 Å². The molecule has 6 nitrogen and oxygen atoms in total.